The zero-order valence-electron chi connectivity index (χ0n) is 15.9. The predicted octanol–water partition coefficient (Wildman–Crippen LogP) is 3.93. The Morgan fingerprint density at radius 1 is 1.08 bits per heavy atom. The van der Waals surface area contributed by atoms with Crippen LogP contribution in [0.15, 0.2) is 48.5 Å². The molecule has 4 heteroatoms. The molecule has 0 saturated carbocycles. The first-order valence-electron chi connectivity index (χ1n) is 9.29. The largest absolute Gasteiger partial charge is 0.491 e. The van der Waals surface area contributed by atoms with Gasteiger partial charge in [-0.2, -0.15) is 0 Å². The van der Waals surface area contributed by atoms with Crippen molar-refractivity contribution in [2.75, 3.05) is 13.2 Å². The van der Waals surface area contributed by atoms with E-state index in [0.29, 0.717) is 24.3 Å². The number of hydrogen-bond donors (Lipinski definition) is 2. The second-order valence-corrected chi connectivity index (χ2v) is 6.49. The molecule has 0 saturated heterocycles. The van der Waals surface area contributed by atoms with Gasteiger partial charge in [0.25, 0.3) is 0 Å². The number of rotatable bonds is 10. The molecule has 0 bridgehead atoms. The lowest BCUT2D eigenvalue weighted by Gasteiger charge is -2.18. The molecule has 2 aromatic carbocycles. The Balaban J connectivity index is 1.75. The van der Waals surface area contributed by atoms with E-state index >= 15 is 0 Å². The van der Waals surface area contributed by atoms with Crippen molar-refractivity contribution in [3.05, 3.63) is 65.2 Å². The number of hydrogen-bond acceptors (Lipinski definition) is 4. The molecule has 2 rings (SSSR count). The molecule has 140 valence electrons. The maximum atomic E-state index is 11.6. The molecule has 0 aromatic heterocycles. The summed E-state index contributed by atoms with van der Waals surface area (Å²) < 4.78 is 5.60. The number of ether oxygens (including phenoxy) is 1. The van der Waals surface area contributed by atoms with Gasteiger partial charge in [0.05, 0.1) is 0 Å². The van der Waals surface area contributed by atoms with Crippen LogP contribution in [0, 0.1) is 0 Å². The fourth-order valence-electron chi connectivity index (χ4n) is 2.67. The molecule has 0 radical (unpaired) electrons. The molecule has 0 aliphatic heterocycles. The molecule has 0 aliphatic rings. The van der Waals surface area contributed by atoms with Gasteiger partial charge in [-0.05, 0) is 48.7 Å². The van der Waals surface area contributed by atoms with Gasteiger partial charge >= 0.3 is 0 Å². The Morgan fingerprint density at radius 2 is 1.73 bits per heavy atom. The number of aliphatic hydroxyl groups excluding tert-OH is 1. The van der Waals surface area contributed by atoms with E-state index < -0.39 is 6.10 Å². The minimum Gasteiger partial charge on any atom is -0.491 e. The van der Waals surface area contributed by atoms with Gasteiger partial charge in [-0.3, -0.25) is 4.79 Å². The molecule has 2 unspecified atom stereocenters. The number of Topliss-reactive ketones (excluding diaryl/α,β-unsaturated/α-hetero) is 1. The second kappa shape index (κ2) is 10.1. The minimum absolute atomic E-state index is 0.113. The Morgan fingerprint density at radius 3 is 2.31 bits per heavy atom. The van der Waals surface area contributed by atoms with Crippen molar-refractivity contribution in [2.24, 2.45) is 0 Å². The Labute approximate surface area is 156 Å². The lowest BCUT2D eigenvalue weighted by Crippen LogP contribution is -2.33. The molecule has 4 nitrogen and oxygen atoms in total. The summed E-state index contributed by atoms with van der Waals surface area (Å²) in [6.45, 7) is 6.72. The molecule has 2 N–H and O–H groups in total. The summed E-state index contributed by atoms with van der Waals surface area (Å²) in [5.74, 6) is 0.765. The summed E-state index contributed by atoms with van der Waals surface area (Å²) in [5, 5.41) is 13.5. The topological polar surface area (TPSA) is 58.6 Å². The standard InChI is InChI=1S/C22H29NO3/c1-4-17-6-8-18(9-7-17)16(3)23-14-20(24)15-26-21-12-10-19(11-13-21)22(25)5-2/h6-13,16,20,23-24H,4-5,14-15H2,1-3H3. The fraction of sp³-hybridized carbons (Fsp3) is 0.409. The summed E-state index contributed by atoms with van der Waals surface area (Å²) in [4.78, 5) is 11.6. The monoisotopic (exact) mass is 355 g/mol. The maximum absolute atomic E-state index is 11.6. The van der Waals surface area contributed by atoms with Crippen LogP contribution in [-0.2, 0) is 6.42 Å². The smallest absolute Gasteiger partial charge is 0.162 e. The van der Waals surface area contributed by atoms with Crippen molar-refractivity contribution in [1.82, 2.24) is 5.32 Å². The van der Waals surface area contributed by atoms with E-state index in [1.807, 2.05) is 6.92 Å². The summed E-state index contributed by atoms with van der Waals surface area (Å²) in [7, 11) is 0. The maximum Gasteiger partial charge on any atom is 0.162 e. The van der Waals surface area contributed by atoms with Gasteiger partial charge in [0.2, 0.25) is 0 Å². The van der Waals surface area contributed by atoms with E-state index in [0.717, 1.165) is 6.42 Å². The summed E-state index contributed by atoms with van der Waals surface area (Å²) in [5.41, 5.74) is 3.21. The first-order chi connectivity index (χ1) is 12.5. The zero-order chi connectivity index (χ0) is 18.9. The van der Waals surface area contributed by atoms with Crippen LogP contribution in [0.5, 0.6) is 5.75 Å². The fourth-order valence-corrected chi connectivity index (χ4v) is 2.67. The molecular formula is C22H29NO3. The van der Waals surface area contributed by atoms with Crippen LogP contribution in [0.25, 0.3) is 0 Å². The van der Waals surface area contributed by atoms with Crippen molar-refractivity contribution >= 4 is 5.78 Å². The molecule has 0 heterocycles. The zero-order valence-corrected chi connectivity index (χ0v) is 15.9. The third-order valence-electron chi connectivity index (χ3n) is 4.49. The number of aryl methyl sites for hydroxylation is 1. The first kappa shape index (κ1) is 20.1. The van der Waals surface area contributed by atoms with Crippen LogP contribution in [0.4, 0.5) is 0 Å². The van der Waals surface area contributed by atoms with Gasteiger partial charge < -0.3 is 15.2 Å². The molecule has 0 amide bonds. The highest BCUT2D eigenvalue weighted by molar-refractivity contribution is 5.95. The summed E-state index contributed by atoms with van der Waals surface area (Å²) in [6.07, 6.45) is 0.916. The normalized spacial score (nSPS) is 13.2. The molecular weight excluding hydrogens is 326 g/mol. The minimum atomic E-state index is -0.607. The number of benzene rings is 2. The lowest BCUT2D eigenvalue weighted by molar-refractivity contribution is 0.0986. The average molecular weight is 355 g/mol. The number of ketones is 1. The highest BCUT2D eigenvalue weighted by Crippen LogP contribution is 2.15. The molecule has 26 heavy (non-hydrogen) atoms. The first-order valence-corrected chi connectivity index (χ1v) is 9.29. The van der Waals surface area contributed by atoms with Crippen LogP contribution in [0.2, 0.25) is 0 Å². The van der Waals surface area contributed by atoms with Crippen LogP contribution < -0.4 is 10.1 Å². The molecule has 2 aromatic rings. The summed E-state index contributed by atoms with van der Waals surface area (Å²) >= 11 is 0. The van der Waals surface area contributed by atoms with Crippen molar-refractivity contribution in [1.29, 1.82) is 0 Å². The third-order valence-corrected chi connectivity index (χ3v) is 4.49. The Hall–Kier alpha value is -2.17. The van der Waals surface area contributed by atoms with E-state index in [1.54, 1.807) is 24.3 Å². The van der Waals surface area contributed by atoms with Crippen LogP contribution in [0.3, 0.4) is 0 Å². The molecule has 2 atom stereocenters. The predicted molar refractivity (Wildman–Crippen MR) is 105 cm³/mol. The van der Waals surface area contributed by atoms with E-state index in [-0.39, 0.29) is 18.4 Å². The number of carbonyl (C=O) groups is 1. The van der Waals surface area contributed by atoms with Crippen molar-refractivity contribution in [3.63, 3.8) is 0 Å². The SMILES string of the molecule is CCC(=O)c1ccc(OCC(O)CNC(C)c2ccc(CC)cc2)cc1. The van der Waals surface area contributed by atoms with Gasteiger partial charge in [0, 0.05) is 24.6 Å². The van der Waals surface area contributed by atoms with Gasteiger partial charge in [-0.1, -0.05) is 38.1 Å². The quantitative estimate of drug-likeness (QED) is 0.634. The van der Waals surface area contributed by atoms with Crippen LogP contribution >= 0.6 is 0 Å². The van der Waals surface area contributed by atoms with E-state index in [2.05, 4.69) is 43.4 Å². The number of aliphatic hydroxyl groups is 1. The van der Waals surface area contributed by atoms with Gasteiger partial charge in [0.1, 0.15) is 18.5 Å². The molecule has 0 aliphatic carbocycles. The van der Waals surface area contributed by atoms with Gasteiger partial charge in [-0.25, -0.2) is 0 Å². The Bertz CT molecular complexity index is 680. The highest BCUT2D eigenvalue weighted by Gasteiger charge is 2.10. The third kappa shape index (κ3) is 5.97. The summed E-state index contributed by atoms with van der Waals surface area (Å²) in [6, 6.07) is 15.7. The van der Waals surface area contributed by atoms with Crippen molar-refractivity contribution in [2.45, 2.75) is 45.8 Å². The van der Waals surface area contributed by atoms with E-state index in [9.17, 15) is 9.90 Å². The number of nitrogens with one attached hydrogen (secondary N) is 1. The van der Waals surface area contributed by atoms with Crippen LogP contribution in [-0.4, -0.2) is 30.1 Å². The lowest BCUT2D eigenvalue weighted by atomic mass is 10.0. The van der Waals surface area contributed by atoms with Gasteiger partial charge in [0.15, 0.2) is 5.78 Å². The highest BCUT2D eigenvalue weighted by atomic mass is 16.5. The molecule has 0 fully saturated rings. The van der Waals surface area contributed by atoms with Gasteiger partial charge in [-0.15, -0.1) is 0 Å². The van der Waals surface area contributed by atoms with Crippen LogP contribution in [0.1, 0.15) is 54.7 Å². The molecule has 0 spiro atoms. The average Bonchev–Trinajstić information content (AvgIpc) is 2.70. The van der Waals surface area contributed by atoms with Crippen molar-refractivity contribution < 1.29 is 14.6 Å². The number of carbonyl (C=O) groups excluding carboxylic acids is 1. The second-order valence-electron chi connectivity index (χ2n) is 6.49. The van der Waals surface area contributed by atoms with Crippen molar-refractivity contribution in [3.8, 4) is 5.75 Å². The Kier molecular flexibility index (Phi) is 7.82. The van der Waals surface area contributed by atoms with E-state index in [1.165, 1.54) is 11.1 Å². The van der Waals surface area contributed by atoms with E-state index in [4.69, 9.17) is 4.74 Å².